The number of nitrogens with zero attached hydrogens (tertiary/aromatic N) is 3. The van der Waals surface area contributed by atoms with E-state index in [4.69, 9.17) is 9.63 Å². The Labute approximate surface area is 107 Å². The molecule has 0 aliphatic rings. The molecule has 0 aliphatic carbocycles. The van der Waals surface area contributed by atoms with Crippen molar-refractivity contribution in [1.29, 1.82) is 0 Å². The highest BCUT2D eigenvalue weighted by molar-refractivity contribution is 7.98. The zero-order chi connectivity index (χ0) is 13.0. The van der Waals surface area contributed by atoms with Crippen molar-refractivity contribution in [3.05, 3.63) is 35.6 Å². The summed E-state index contributed by atoms with van der Waals surface area (Å²) in [5.41, 5.74) is 0.178. The molecule has 0 aliphatic heterocycles. The van der Waals surface area contributed by atoms with Crippen LogP contribution in [0.4, 0.5) is 0 Å². The predicted octanol–water partition coefficient (Wildman–Crippen LogP) is 2.02. The van der Waals surface area contributed by atoms with Crippen LogP contribution >= 0.6 is 11.8 Å². The first kappa shape index (κ1) is 12.6. The van der Waals surface area contributed by atoms with E-state index in [1.807, 2.05) is 6.92 Å². The maximum atomic E-state index is 11.0. The number of aromatic nitrogens is 3. The lowest BCUT2D eigenvalue weighted by atomic mass is 10.3. The SMILES string of the molecule is CCc1noc(CSc2ncccc2C(=O)O)n1. The summed E-state index contributed by atoms with van der Waals surface area (Å²) in [4.78, 5) is 19.2. The number of aryl methyl sites for hydroxylation is 1. The number of aromatic carboxylic acids is 1. The van der Waals surface area contributed by atoms with Crippen molar-refractivity contribution in [3.63, 3.8) is 0 Å². The van der Waals surface area contributed by atoms with Gasteiger partial charge in [0.05, 0.1) is 11.3 Å². The molecule has 18 heavy (non-hydrogen) atoms. The molecule has 0 aromatic carbocycles. The lowest BCUT2D eigenvalue weighted by Crippen LogP contribution is -2.00. The van der Waals surface area contributed by atoms with Crippen LogP contribution in [-0.2, 0) is 12.2 Å². The minimum absolute atomic E-state index is 0.178. The Morgan fingerprint density at radius 1 is 1.56 bits per heavy atom. The average Bonchev–Trinajstić information content (AvgIpc) is 2.84. The first-order valence-electron chi connectivity index (χ1n) is 5.33. The second-order valence-electron chi connectivity index (χ2n) is 3.41. The minimum atomic E-state index is -0.995. The molecular weight excluding hydrogens is 254 g/mol. The van der Waals surface area contributed by atoms with E-state index < -0.39 is 5.97 Å². The fourth-order valence-corrected chi connectivity index (χ4v) is 2.11. The van der Waals surface area contributed by atoms with Gasteiger partial charge < -0.3 is 9.63 Å². The van der Waals surface area contributed by atoms with Crippen LogP contribution in [0.1, 0.15) is 29.0 Å². The number of hydrogen-bond donors (Lipinski definition) is 1. The lowest BCUT2D eigenvalue weighted by molar-refractivity contribution is 0.0692. The maximum absolute atomic E-state index is 11.0. The Balaban J connectivity index is 2.08. The van der Waals surface area contributed by atoms with Crippen molar-refractivity contribution in [2.75, 3.05) is 0 Å². The van der Waals surface area contributed by atoms with Gasteiger partial charge in [0.1, 0.15) is 5.03 Å². The van der Waals surface area contributed by atoms with Crippen molar-refractivity contribution < 1.29 is 14.4 Å². The molecule has 0 atom stereocenters. The topological polar surface area (TPSA) is 89.1 Å². The zero-order valence-electron chi connectivity index (χ0n) is 9.66. The molecule has 2 heterocycles. The van der Waals surface area contributed by atoms with E-state index in [9.17, 15) is 4.79 Å². The maximum Gasteiger partial charge on any atom is 0.338 e. The molecule has 0 bridgehead atoms. The van der Waals surface area contributed by atoms with Crippen molar-refractivity contribution in [1.82, 2.24) is 15.1 Å². The Morgan fingerprint density at radius 2 is 2.39 bits per heavy atom. The van der Waals surface area contributed by atoms with E-state index in [-0.39, 0.29) is 5.56 Å². The van der Waals surface area contributed by atoms with Gasteiger partial charge >= 0.3 is 5.97 Å². The van der Waals surface area contributed by atoms with Gasteiger partial charge in [-0.3, -0.25) is 0 Å². The van der Waals surface area contributed by atoms with Gasteiger partial charge in [-0.1, -0.05) is 23.8 Å². The average molecular weight is 265 g/mol. The summed E-state index contributed by atoms with van der Waals surface area (Å²) < 4.78 is 5.02. The first-order valence-corrected chi connectivity index (χ1v) is 6.32. The van der Waals surface area contributed by atoms with Gasteiger partial charge in [-0.15, -0.1) is 0 Å². The Kier molecular flexibility index (Phi) is 3.93. The molecule has 0 fully saturated rings. The number of thioether (sulfide) groups is 1. The van der Waals surface area contributed by atoms with E-state index in [1.54, 1.807) is 12.3 Å². The summed E-state index contributed by atoms with van der Waals surface area (Å²) in [6.45, 7) is 1.93. The molecule has 2 aromatic heterocycles. The monoisotopic (exact) mass is 265 g/mol. The summed E-state index contributed by atoms with van der Waals surface area (Å²) in [7, 11) is 0. The summed E-state index contributed by atoms with van der Waals surface area (Å²) in [6, 6.07) is 3.11. The second kappa shape index (κ2) is 5.63. The fraction of sp³-hybridized carbons (Fsp3) is 0.273. The summed E-state index contributed by atoms with van der Waals surface area (Å²) in [5, 5.41) is 13.2. The fourth-order valence-electron chi connectivity index (χ4n) is 1.29. The van der Waals surface area contributed by atoms with Gasteiger partial charge in [-0.05, 0) is 12.1 Å². The van der Waals surface area contributed by atoms with Crippen molar-refractivity contribution in [2.24, 2.45) is 0 Å². The number of rotatable bonds is 5. The van der Waals surface area contributed by atoms with Crippen LogP contribution in [0.5, 0.6) is 0 Å². The molecule has 0 spiro atoms. The molecular formula is C11H11N3O3S. The summed E-state index contributed by atoms with van der Waals surface area (Å²) >= 11 is 1.26. The van der Waals surface area contributed by atoms with Gasteiger partial charge in [0.2, 0.25) is 5.89 Å². The molecule has 0 saturated heterocycles. The standard InChI is InChI=1S/C11H11N3O3S/c1-2-8-13-9(17-14-8)6-18-10-7(11(15)16)4-3-5-12-10/h3-5H,2,6H2,1H3,(H,15,16). The van der Waals surface area contributed by atoms with E-state index in [0.29, 0.717) is 28.9 Å². The molecule has 0 amide bonds. The first-order chi connectivity index (χ1) is 8.70. The lowest BCUT2D eigenvalue weighted by Gasteiger charge is -2.01. The van der Waals surface area contributed by atoms with Crippen molar-refractivity contribution >= 4 is 17.7 Å². The van der Waals surface area contributed by atoms with E-state index >= 15 is 0 Å². The molecule has 94 valence electrons. The number of carbonyl (C=O) groups is 1. The normalized spacial score (nSPS) is 10.5. The van der Waals surface area contributed by atoms with Crippen molar-refractivity contribution in [3.8, 4) is 0 Å². The third-order valence-electron chi connectivity index (χ3n) is 2.16. The number of carboxylic acids is 1. The zero-order valence-corrected chi connectivity index (χ0v) is 10.5. The Hall–Kier alpha value is -1.89. The summed E-state index contributed by atoms with van der Waals surface area (Å²) in [6.07, 6.45) is 2.26. The molecule has 6 nitrogen and oxygen atoms in total. The van der Waals surface area contributed by atoms with Crippen molar-refractivity contribution in [2.45, 2.75) is 24.1 Å². The highest BCUT2D eigenvalue weighted by Crippen LogP contribution is 2.23. The van der Waals surface area contributed by atoms with E-state index in [1.165, 1.54) is 17.8 Å². The largest absolute Gasteiger partial charge is 0.478 e. The number of carboxylic acid groups (broad SMARTS) is 1. The highest BCUT2D eigenvalue weighted by Gasteiger charge is 2.13. The van der Waals surface area contributed by atoms with Crippen LogP contribution in [-0.4, -0.2) is 26.2 Å². The molecule has 0 unspecified atom stereocenters. The van der Waals surface area contributed by atoms with Crippen LogP contribution < -0.4 is 0 Å². The second-order valence-corrected chi connectivity index (χ2v) is 4.37. The van der Waals surface area contributed by atoms with Gasteiger partial charge in [-0.25, -0.2) is 9.78 Å². The van der Waals surface area contributed by atoms with Crippen LogP contribution in [0.25, 0.3) is 0 Å². The Morgan fingerprint density at radius 3 is 3.06 bits per heavy atom. The quantitative estimate of drug-likeness (QED) is 0.827. The predicted molar refractivity (Wildman–Crippen MR) is 64.4 cm³/mol. The molecule has 0 saturated carbocycles. The molecule has 0 radical (unpaired) electrons. The molecule has 2 rings (SSSR count). The van der Waals surface area contributed by atoms with Crippen LogP contribution in [0.3, 0.4) is 0 Å². The molecule has 2 aromatic rings. The Bertz CT molecular complexity index is 556. The van der Waals surface area contributed by atoms with E-state index in [2.05, 4.69) is 15.1 Å². The van der Waals surface area contributed by atoms with E-state index in [0.717, 1.165) is 0 Å². The smallest absolute Gasteiger partial charge is 0.338 e. The number of pyridine rings is 1. The third kappa shape index (κ3) is 2.86. The highest BCUT2D eigenvalue weighted by atomic mass is 32.2. The minimum Gasteiger partial charge on any atom is -0.478 e. The van der Waals surface area contributed by atoms with Gasteiger partial charge in [0, 0.05) is 12.6 Å². The van der Waals surface area contributed by atoms with Crippen LogP contribution in [0.15, 0.2) is 27.9 Å². The number of hydrogen-bond acceptors (Lipinski definition) is 6. The van der Waals surface area contributed by atoms with Gasteiger partial charge in [0.15, 0.2) is 5.82 Å². The van der Waals surface area contributed by atoms with Crippen LogP contribution in [0, 0.1) is 0 Å². The third-order valence-corrected chi connectivity index (χ3v) is 3.15. The molecule has 1 N–H and O–H groups in total. The van der Waals surface area contributed by atoms with Gasteiger partial charge in [0.25, 0.3) is 0 Å². The molecule has 7 heteroatoms. The van der Waals surface area contributed by atoms with Gasteiger partial charge in [-0.2, -0.15) is 4.98 Å². The summed E-state index contributed by atoms with van der Waals surface area (Å²) in [5.74, 6) is 0.527. The van der Waals surface area contributed by atoms with Crippen LogP contribution in [0.2, 0.25) is 0 Å².